The molecule has 3 saturated heterocycles. The Bertz CT molecular complexity index is 2030. The van der Waals surface area contributed by atoms with Gasteiger partial charge in [-0.1, -0.05) is 107 Å². The van der Waals surface area contributed by atoms with E-state index in [9.17, 15) is 24.6 Å². The van der Waals surface area contributed by atoms with Gasteiger partial charge in [0, 0.05) is 24.0 Å². The van der Waals surface area contributed by atoms with E-state index in [4.69, 9.17) is 48.2 Å². The fourth-order valence-electron chi connectivity index (χ4n) is 8.38. The van der Waals surface area contributed by atoms with E-state index in [1.165, 1.54) is 0 Å². The van der Waals surface area contributed by atoms with E-state index in [-0.39, 0.29) is 48.0 Å². The lowest BCUT2D eigenvalue weighted by atomic mass is 9.79. The van der Waals surface area contributed by atoms with Gasteiger partial charge in [0.05, 0.1) is 29.4 Å². The summed E-state index contributed by atoms with van der Waals surface area (Å²) in [5.74, 6) is -2.49. The van der Waals surface area contributed by atoms with E-state index in [2.05, 4.69) is 16.9 Å². The first-order valence-corrected chi connectivity index (χ1v) is 22.9. The summed E-state index contributed by atoms with van der Waals surface area (Å²) in [6.07, 6.45) is -10.7. The smallest absolute Gasteiger partial charge is 0.338 e. The maximum absolute atomic E-state index is 13.9. The Kier molecular flexibility index (Phi) is 18.9. The number of hydrogen-bond donors (Lipinski definition) is 2. The molecule has 0 saturated carbocycles. The first kappa shape index (κ1) is 50.5. The zero-order chi connectivity index (χ0) is 47.2. The summed E-state index contributed by atoms with van der Waals surface area (Å²) in [5.41, 5.74) is 9.59. The highest BCUT2D eigenvalue weighted by Gasteiger charge is 2.57. The molecule has 0 aliphatic carbocycles. The van der Waals surface area contributed by atoms with Crippen molar-refractivity contribution in [3.8, 4) is 0 Å². The molecule has 0 spiro atoms. The molecule has 0 bridgehead atoms. The number of aliphatic hydroxyl groups is 2. The second kappa shape index (κ2) is 24.7. The lowest BCUT2D eigenvalue weighted by molar-refractivity contribution is -0.371. The van der Waals surface area contributed by atoms with E-state index < -0.39 is 92.2 Å². The summed E-state index contributed by atoms with van der Waals surface area (Å²) < 4.78 is 57.5. The van der Waals surface area contributed by atoms with Crippen LogP contribution in [0.3, 0.4) is 0 Å². The maximum Gasteiger partial charge on any atom is 0.338 e. The SMILES string of the molecule is CC[C@@H](C)[C@@H]1O[C@@H](O[C@@H]2C(O[C@H]3OC(COC(=O)c4ccccc4)[C@H](C)[C@H](C)C3C)[C@@H](OCCCCCN=[N+]=[N-])OC(CO)[C@@H]2O)[C@@H](OC(=O)c2ccccc2)C1OC(=O)c1ccccc1. The molecule has 0 amide bonds. The predicted molar refractivity (Wildman–Crippen MR) is 238 cm³/mol. The number of hydrogen-bond acceptors (Lipinski definition) is 15. The molecule has 0 radical (unpaired) electrons. The monoisotopic (exact) mass is 917 g/mol. The third kappa shape index (κ3) is 12.7. The molecule has 2 N–H and O–H groups in total. The molecule has 3 heterocycles. The summed E-state index contributed by atoms with van der Waals surface area (Å²) in [6, 6.07) is 25.4. The van der Waals surface area contributed by atoms with Crippen molar-refractivity contribution in [2.45, 2.75) is 128 Å². The van der Waals surface area contributed by atoms with Crippen LogP contribution in [0.25, 0.3) is 10.4 Å². The molecular formula is C49H63N3O14. The van der Waals surface area contributed by atoms with Crippen molar-refractivity contribution in [1.82, 2.24) is 0 Å². The Labute approximate surface area is 385 Å². The molecule has 3 fully saturated rings. The standard InChI is InChI=1S/C49H63N3O14/c1-6-29(2)39-41(62-45(56)34-21-13-8-14-22-34)43(63-46(57)35-23-15-9-16-24-35)49(64-39)65-40-38(54)36(27-53)60-48(58-26-18-10-17-25-51-52-50)42(40)66-47-32(5)30(3)31(4)37(61-47)28-59-44(55)33-19-11-7-12-20-33/h7-9,11-16,19-24,29-32,36-43,47-49,53-54H,6,10,17-18,25-28H2,1-5H3/t29-,30+,31-,32?,36?,37?,38+,39+,40+,41?,42?,43+,47-,48+,49+/m1/s1. The molecule has 3 aliphatic heterocycles. The Morgan fingerprint density at radius 3 is 1.82 bits per heavy atom. The number of unbranched alkanes of at least 4 members (excludes halogenated alkanes) is 2. The Balaban J connectivity index is 1.33. The van der Waals surface area contributed by atoms with Crippen LogP contribution in [-0.4, -0.2) is 122 Å². The van der Waals surface area contributed by atoms with Crippen LogP contribution in [0, 0.1) is 23.7 Å². The minimum absolute atomic E-state index is 0.0186. The summed E-state index contributed by atoms with van der Waals surface area (Å²) >= 11 is 0. The van der Waals surface area contributed by atoms with Crippen molar-refractivity contribution in [3.63, 3.8) is 0 Å². The quantitative estimate of drug-likeness (QED) is 0.0273. The Morgan fingerprint density at radius 1 is 0.682 bits per heavy atom. The number of carbonyl (C=O) groups is 3. The van der Waals surface area contributed by atoms with E-state index in [0.29, 0.717) is 37.8 Å². The van der Waals surface area contributed by atoms with Crippen molar-refractivity contribution in [1.29, 1.82) is 0 Å². The Morgan fingerprint density at radius 2 is 1.24 bits per heavy atom. The summed E-state index contributed by atoms with van der Waals surface area (Å²) in [6.45, 7) is 9.66. The number of ether oxygens (including phenoxy) is 9. The van der Waals surface area contributed by atoms with E-state index in [0.717, 1.165) is 0 Å². The predicted octanol–water partition coefficient (Wildman–Crippen LogP) is 7.04. The fraction of sp³-hybridized carbons (Fsp3) is 0.571. The number of benzene rings is 3. The van der Waals surface area contributed by atoms with Gasteiger partial charge in [-0.25, -0.2) is 14.4 Å². The van der Waals surface area contributed by atoms with Crippen molar-refractivity contribution in [3.05, 3.63) is 118 Å². The molecular weight excluding hydrogens is 855 g/mol. The second-order valence-electron chi connectivity index (χ2n) is 17.2. The van der Waals surface area contributed by atoms with Gasteiger partial charge < -0.3 is 52.8 Å². The maximum atomic E-state index is 13.9. The number of carbonyl (C=O) groups excluding carboxylic acids is 3. The van der Waals surface area contributed by atoms with Gasteiger partial charge in [0.25, 0.3) is 0 Å². The van der Waals surface area contributed by atoms with E-state index in [1.807, 2.05) is 33.8 Å². The lowest BCUT2D eigenvalue weighted by Gasteiger charge is -2.48. The van der Waals surface area contributed by atoms with Gasteiger partial charge in [-0.2, -0.15) is 0 Å². The minimum atomic E-state index is -1.57. The summed E-state index contributed by atoms with van der Waals surface area (Å²) in [4.78, 5) is 43.4. The van der Waals surface area contributed by atoms with E-state index >= 15 is 0 Å². The normalized spacial score (nSPS) is 31.3. The number of azide groups is 1. The van der Waals surface area contributed by atoms with Gasteiger partial charge in [-0.05, 0) is 72.5 Å². The molecule has 3 aromatic carbocycles. The van der Waals surface area contributed by atoms with Crippen molar-refractivity contribution in [2.24, 2.45) is 28.8 Å². The van der Waals surface area contributed by atoms with Crippen LogP contribution < -0.4 is 0 Å². The highest BCUT2D eigenvalue weighted by Crippen LogP contribution is 2.41. The number of aliphatic hydroxyl groups excluding tert-OH is 2. The van der Waals surface area contributed by atoms with Crippen molar-refractivity contribution in [2.75, 3.05) is 26.4 Å². The fourth-order valence-corrected chi connectivity index (χ4v) is 8.38. The summed E-state index contributed by atoms with van der Waals surface area (Å²) in [7, 11) is 0. The highest BCUT2D eigenvalue weighted by molar-refractivity contribution is 5.90. The van der Waals surface area contributed by atoms with Gasteiger partial charge in [0.2, 0.25) is 0 Å². The van der Waals surface area contributed by atoms with Crippen LogP contribution >= 0.6 is 0 Å². The third-order valence-electron chi connectivity index (χ3n) is 12.9. The van der Waals surface area contributed by atoms with Gasteiger partial charge in [0.1, 0.15) is 37.1 Å². The van der Waals surface area contributed by atoms with Gasteiger partial charge in [-0.15, -0.1) is 0 Å². The van der Waals surface area contributed by atoms with Crippen LogP contribution in [0.5, 0.6) is 0 Å². The van der Waals surface area contributed by atoms with Crippen molar-refractivity contribution < 1.29 is 67.2 Å². The first-order chi connectivity index (χ1) is 31.9. The van der Waals surface area contributed by atoms with Gasteiger partial charge >= 0.3 is 17.9 Å². The molecule has 5 unspecified atom stereocenters. The molecule has 3 aliphatic rings. The molecule has 17 heteroatoms. The second-order valence-corrected chi connectivity index (χ2v) is 17.2. The lowest BCUT2D eigenvalue weighted by Crippen LogP contribution is -2.64. The zero-order valence-corrected chi connectivity index (χ0v) is 38.1. The molecule has 0 aromatic heterocycles. The highest BCUT2D eigenvalue weighted by atomic mass is 16.8. The topological polar surface area (TPSA) is 223 Å². The van der Waals surface area contributed by atoms with Crippen LogP contribution in [-0.2, 0) is 42.6 Å². The van der Waals surface area contributed by atoms with Gasteiger partial charge in [-0.3, -0.25) is 0 Å². The summed E-state index contributed by atoms with van der Waals surface area (Å²) in [5, 5.41) is 26.2. The first-order valence-electron chi connectivity index (χ1n) is 22.9. The third-order valence-corrected chi connectivity index (χ3v) is 12.9. The van der Waals surface area contributed by atoms with Gasteiger partial charge in [0.15, 0.2) is 31.1 Å². The molecule has 15 atom stereocenters. The van der Waals surface area contributed by atoms with Crippen LogP contribution in [0.4, 0.5) is 0 Å². The molecule has 3 aromatic rings. The number of rotatable bonds is 21. The number of esters is 3. The van der Waals surface area contributed by atoms with Crippen LogP contribution in [0.15, 0.2) is 96.1 Å². The molecule has 6 rings (SSSR count). The zero-order valence-electron chi connectivity index (χ0n) is 38.1. The van der Waals surface area contributed by atoms with Crippen LogP contribution in [0.1, 0.15) is 91.4 Å². The van der Waals surface area contributed by atoms with E-state index in [1.54, 1.807) is 84.9 Å². The average Bonchev–Trinajstić information content (AvgIpc) is 3.67. The van der Waals surface area contributed by atoms with Crippen LogP contribution in [0.2, 0.25) is 0 Å². The Hall–Kier alpha value is -4.94. The number of nitrogens with zero attached hydrogens (tertiary/aromatic N) is 3. The average molecular weight is 918 g/mol. The van der Waals surface area contributed by atoms with Crippen molar-refractivity contribution >= 4 is 17.9 Å². The largest absolute Gasteiger partial charge is 0.459 e. The molecule has 358 valence electrons. The molecule has 66 heavy (non-hydrogen) atoms. The minimum Gasteiger partial charge on any atom is -0.459 e. The molecule has 17 nitrogen and oxygen atoms in total.